The highest BCUT2D eigenvalue weighted by Gasteiger charge is 2.19. The maximum absolute atomic E-state index is 12.3. The number of nitrogens with zero attached hydrogens (tertiary/aromatic N) is 1. The van der Waals surface area contributed by atoms with Gasteiger partial charge in [-0.3, -0.25) is 14.4 Å². The van der Waals surface area contributed by atoms with E-state index in [1.54, 1.807) is 38.1 Å². The van der Waals surface area contributed by atoms with Crippen LogP contribution < -0.4 is 20.1 Å². The zero-order valence-corrected chi connectivity index (χ0v) is 15.6. The number of aryl methyl sites for hydroxylation is 1. The second kappa shape index (κ2) is 8.55. The molecule has 0 aliphatic carbocycles. The predicted octanol–water partition coefficient (Wildman–Crippen LogP) is 1.86. The first-order valence-corrected chi connectivity index (χ1v) is 8.89. The molecule has 1 aliphatic heterocycles. The van der Waals surface area contributed by atoms with Crippen LogP contribution in [-0.4, -0.2) is 42.0 Å². The summed E-state index contributed by atoms with van der Waals surface area (Å²) < 4.78 is 15.7. The Morgan fingerprint density at radius 3 is 2.57 bits per heavy atom. The number of anilines is 1. The Bertz CT molecular complexity index is 892. The minimum absolute atomic E-state index is 0.0162. The van der Waals surface area contributed by atoms with Gasteiger partial charge in [-0.15, -0.1) is 0 Å². The molecule has 1 aliphatic rings. The van der Waals surface area contributed by atoms with Gasteiger partial charge in [-0.1, -0.05) is 5.16 Å². The third kappa shape index (κ3) is 4.87. The van der Waals surface area contributed by atoms with Crippen LogP contribution in [-0.2, 0) is 9.59 Å². The van der Waals surface area contributed by atoms with Crippen LogP contribution in [0.3, 0.4) is 0 Å². The number of carbonyl (C=O) groups is 3. The molecule has 0 spiro atoms. The van der Waals surface area contributed by atoms with E-state index in [1.807, 2.05) is 0 Å². The van der Waals surface area contributed by atoms with Crippen LogP contribution in [0.25, 0.3) is 0 Å². The minimum atomic E-state index is -0.783. The molecule has 0 unspecified atom stereocenters. The molecule has 3 rings (SSSR count). The van der Waals surface area contributed by atoms with Gasteiger partial charge in [0.2, 0.25) is 11.8 Å². The van der Waals surface area contributed by atoms with Crippen molar-refractivity contribution in [2.24, 2.45) is 0 Å². The summed E-state index contributed by atoms with van der Waals surface area (Å²) in [5.74, 6) is 0.937. The molecular weight excluding hydrogens is 366 g/mol. The van der Waals surface area contributed by atoms with Crippen molar-refractivity contribution in [1.29, 1.82) is 0 Å². The lowest BCUT2D eigenvalue weighted by Crippen LogP contribution is -2.41. The first-order valence-electron chi connectivity index (χ1n) is 8.89. The number of ether oxygens (including phenoxy) is 2. The number of rotatable bonds is 7. The Labute approximate surface area is 161 Å². The Morgan fingerprint density at radius 2 is 1.86 bits per heavy atom. The highest BCUT2D eigenvalue weighted by molar-refractivity contribution is 5.99. The van der Waals surface area contributed by atoms with Gasteiger partial charge in [0.1, 0.15) is 25.0 Å². The highest BCUT2D eigenvalue weighted by atomic mass is 16.6. The molecule has 28 heavy (non-hydrogen) atoms. The first-order chi connectivity index (χ1) is 13.4. The number of amides is 2. The smallest absolute Gasteiger partial charge is 0.247 e. The van der Waals surface area contributed by atoms with Crippen LogP contribution in [0.5, 0.6) is 11.5 Å². The average molecular weight is 387 g/mol. The molecule has 0 saturated carbocycles. The Morgan fingerprint density at radius 1 is 1.11 bits per heavy atom. The molecule has 0 fully saturated rings. The van der Waals surface area contributed by atoms with Crippen molar-refractivity contribution in [2.45, 2.75) is 32.7 Å². The van der Waals surface area contributed by atoms with E-state index in [1.165, 1.54) is 0 Å². The van der Waals surface area contributed by atoms with Gasteiger partial charge >= 0.3 is 0 Å². The standard InChI is InChI=1S/C19H21N3O6/c1-11-9-17(22-28-11)21-19(25)12(2)20-18(24)6-4-14(23)13-3-5-15-16(10-13)27-8-7-26-15/h3,5,9-10,12H,4,6-8H2,1-2H3,(H,20,24)(H,21,22,25)/t12-/m1/s1. The first kappa shape index (κ1) is 19.4. The number of fused-ring (bicyclic) bond motifs is 1. The summed E-state index contributed by atoms with van der Waals surface area (Å²) in [6, 6.07) is 5.72. The number of hydrogen-bond donors (Lipinski definition) is 2. The Balaban J connectivity index is 1.46. The van der Waals surface area contributed by atoms with Crippen molar-refractivity contribution < 1.29 is 28.4 Å². The molecule has 0 radical (unpaired) electrons. The maximum atomic E-state index is 12.3. The van der Waals surface area contributed by atoms with Crippen molar-refractivity contribution in [1.82, 2.24) is 10.5 Å². The number of aromatic nitrogens is 1. The SMILES string of the molecule is Cc1cc(NC(=O)[C@@H](C)NC(=O)CCC(=O)c2ccc3c(c2)OCCO3)no1. The van der Waals surface area contributed by atoms with Gasteiger partial charge in [-0.05, 0) is 32.0 Å². The summed E-state index contributed by atoms with van der Waals surface area (Å²) in [6.45, 7) is 4.15. The maximum Gasteiger partial charge on any atom is 0.247 e. The van der Waals surface area contributed by atoms with E-state index < -0.39 is 17.9 Å². The fourth-order valence-electron chi connectivity index (χ4n) is 2.63. The largest absolute Gasteiger partial charge is 0.486 e. The fraction of sp³-hybridized carbons (Fsp3) is 0.368. The molecule has 2 N–H and O–H groups in total. The number of Topliss-reactive ketones (excluding diaryl/α,β-unsaturated/α-hetero) is 1. The van der Waals surface area contributed by atoms with E-state index in [0.29, 0.717) is 36.0 Å². The van der Waals surface area contributed by atoms with E-state index >= 15 is 0 Å². The quantitative estimate of drug-likeness (QED) is 0.696. The Hall–Kier alpha value is -3.36. The van der Waals surface area contributed by atoms with Crippen LogP contribution in [0.1, 0.15) is 35.9 Å². The van der Waals surface area contributed by atoms with E-state index in [2.05, 4.69) is 15.8 Å². The molecule has 2 amide bonds. The van der Waals surface area contributed by atoms with Crippen LogP contribution in [0.4, 0.5) is 5.82 Å². The molecule has 9 nitrogen and oxygen atoms in total. The summed E-state index contributed by atoms with van der Waals surface area (Å²) >= 11 is 0. The second-order valence-corrected chi connectivity index (χ2v) is 6.38. The van der Waals surface area contributed by atoms with Crippen molar-refractivity contribution in [2.75, 3.05) is 18.5 Å². The normalized spacial score (nSPS) is 13.5. The second-order valence-electron chi connectivity index (χ2n) is 6.38. The monoisotopic (exact) mass is 387 g/mol. The molecule has 2 heterocycles. The fourth-order valence-corrected chi connectivity index (χ4v) is 2.63. The summed E-state index contributed by atoms with van der Waals surface area (Å²) in [4.78, 5) is 36.4. The van der Waals surface area contributed by atoms with E-state index in [-0.39, 0.29) is 24.4 Å². The molecule has 148 valence electrons. The number of hydrogen-bond acceptors (Lipinski definition) is 7. The zero-order chi connectivity index (χ0) is 20.1. The summed E-state index contributed by atoms with van der Waals surface area (Å²) in [7, 11) is 0. The third-order valence-electron chi connectivity index (χ3n) is 4.09. The van der Waals surface area contributed by atoms with Crippen LogP contribution in [0, 0.1) is 6.92 Å². The van der Waals surface area contributed by atoms with Gasteiger partial charge < -0.3 is 24.6 Å². The van der Waals surface area contributed by atoms with E-state index in [4.69, 9.17) is 14.0 Å². The molecule has 2 aromatic rings. The molecule has 1 atom stereocenters. The summed E-state index contributed by atoms with van der Waals surface area (Å²) in [6.07, 6.45) is -0.0176. The minimum Gasteiger partial charge on any atom is -0.486 e. The predicted molar refractivity (Wildman–Crippen MR) is 98.5 cm³/mol. The van der Waals surface area contributed by atoms with Crippen molar-refractivity contribution in [3.63, 3.8) is 0 Å². The number of nitrogens with one attached hydrogen (secondary N) is 2. The molecule has 9 heteroatoms. The number of carbonyl (C=O) groups excluding carboxylic acids is 3. The third-order valence-corrected chi connectivity index (χ3v) is 4.09. The Kier molecular flexibility index (Phi) is 5.93. The van der Waals surface area contributed by atoms with Gasteiger partial charge in [-0.2, -0.15) is 0 Å². The number of benzene rings is 1. The zero-order valence-electron chi connectivity index (χ0n) is 15.6. The summed E-state index contributed by atoms with van der Waals surface area (Å²) in [5.41, 5.74) is 0.448. The molecule has 1 aromatic heterocycles. The lowest BCUT2D eigenvalue weighted by atomic mass is 10.1. The molecular formula is C19H21N3O6. The van der Waals surface area contributed by atoms with Gasteiger partial charge in [0, 0.05) is 24.5 Å². The van der Waals surface area contributed by atoms with Gasteiger partial charge in [-0.25, -0.2) is 0 Å². The molecule has 0 bridgehead atoms. The van der Waals surface area contributed by atoms with Crippen LogP contribution in [0.2, 0.25) is 0 Å². The van der Waals surface area contributed by atoms with E-state index in [9.17, 15) is 14.4 Å². The summed E-state index contributed by atoms with van der Waals surface area (Å²) in [5, 5.41) is 8.75. The average Bonchev–Trinajstić information content (AvgIpc) is 3.10. The lowest BCUT2D eigenvalue weighted by molar-refractivity contribution is -0.126. The topological polar surface area (TPSA) is 120 Å². The molecule has 1 aromatic carbocycles. The van der Waals surface area contributed by atoms with E-state index in [0.717, 1.165) is 0 Å². The van der Waals surface area contributed by atoms with Crippen molar-refractivity contribution in [3.05, 3.63) is 35.6 Å². The lowest BCUT2D eigenvalue weighted by Gasteiger charge is -2.18. The van der Waals surface area contributed by atoms with Crippen molar-refractivity contribution in [3.8, 4) is 11.5 Å². The van der Waals surface area contributed by atoms with Gasteiger partial charge in [0.25, 0.3) is 0 Å². The van der Waals surface area contributed by atoms with Crippen LogP contribution >= 0.6 is 0 Å². The number of ketones is 1. The van der Waals surface area contributed by atoms with Crippen molar-refractivity contribution >= 4 is 23.4 Å². The van der Waals surface area contributed by atoms with Gasteiger partial charge in [0.05, 0.1) is 0 Å². The van der Waals surface area contributed by atoms with Crippen LogP contribution in [0.15, 0.2) is 28.8 Å². The van der Waals surface area contributed by atoms with Gasteiger partial charge in [0.15, 0.2) is 23.1 Å². The molecule has 0 saturated heterocycles. The highest BCUT2D eigenvalue weighted by Crippen LogP contribution is 2.31.